The number of aromatic hydroxyl groups is 1. The fraction of sp³-hybridized carbons (Fsp3) is 0.389. The standard InChI is InChI=1S/C18H21Cl2FN2O3/c1-4-10(24)8-22-18-15(20)16(14(19)17(21)23-18)26-11-5-6-13(25)12(7-11)9(2)3/h5-7,9-10,24-25H,4,8H2,1-3H3,(H,22,23). The highest BCUT2D eigenvalue weighted by Crippen LogP contribution is 2.42. The van der Waals surface area contributed by atoms with Gasteiger partial charge in [0.25, 0.3) is 0 Å². The van der Waals surface area contributed by atoms with Crippen LogP contribution in [0, 0.1) is 5.95 Å². The molecule has 5 nitrogen and oxygen atoms in total. The third kappa shape index (κ3) is 4.69. The summed E-state index contributed by atoms with van der Waals surface area (Å²) in [5, 5.41) is 22.0. The number of rotatable bonds is 7. The van der Waals surface area contributed by atoms with E-state index in [-0.39, 0.29) is 39.8 Å². The second-order valence-electron chi connectivity index (χ2n) is 6.13. The number of ether oxygens (including phenoxy) is 1. The molecule has 0 radical (unpaired) electrons. The molecule has 0 saturated carbocycles. The number of phenolic OH excluding ortho intramolecular Hbond substituents is 1. The number of pyridine rings is 1. The molecule has 0 saturated heterocycles. The van der Waals surface area contributed by atoms with Gasteiger partial charge in [0.15, 0.2) is 11.6 Å². The number of benzene rings is 1. The Morgan fingerprint density at radius 2 is 1.96 bits per heavy atom. The van der Waals surface area contributed by atoms with Gasteiger partial charge in [-0.15, -0.1) is 0 Å². The lowest BCUT2D eigenvalue weighted by atomic mass is 10.0. The summed E-state index contributed by atoms with van der Waals surface area (Å²) in [6.07, 6.45) is -0.100. The van der Waals surface area contributed by atoms with Crippen molar-refractivity contribution in [1.29, 1.82) is 0 Å². The number of phenols is 1. The van der Waals surface area contributed by atoms with Gasteiger partial charge < -0.3 is 20.3 Å². The molecule has 0 aliphatic heterocycles. The Bertz CT molecular complexity index is 788. The third-order valence-electron chi connectivity index (χ3n) is 3.81. The molecule has 8 heteroatoms. The normalized spacial score (nSPS) is 12.3. The van der Waals surface area contributed by atoms with Gasteiger partial charge in [-0.3, -0.25) is 0 Å². The monoisotopic (exact) mass is 402 g/mol. The molecule has 0 fully saturated rings. The molecule has 1 atom stereocenters. The van der Waals surface area contributed by atoms with Gasteiger partial charge in [-0.1, -0.05) is 44.0 Å². The van der Waals surface area contributed by atoms with Crippen molar-refractivity contribution in [3.05, 3.63) is 39.8 Å². The maximum absolute atomic E-state index is 14.1. The Balaban J connectivity index is 2.37. The van der Waals surface area contributed by atoms with Crippen LogP contribution in [0.3, 0.4) is 0 Å². The number of aliphatic hydroxyl groups excluding tert-OH is 1. The number of nitrogens with zero attached hydrogens (tertiary/aromatic N) is 1. The van der Waals surface area contributed by atoms with Crippen molar-refractivity contribution >= 4 is 29.0 Å². The van der Waals surface area contributed by atoms with E-state index in [1.54, 1.807) is 6.07 Å². The molecule has 1 heterocycles. The Kier molecular flexibility index (Phi) is 6.92. The summed E-state index contributed by atoms with van der Waals surface area (Å²) in [5.74, 6) is -0.454. The number of nitrogens with one attached hydrogen (secondary N) is 1. The molecular formula is C18H21Cl2FN2O3. The van der Waals surface area contributed by atoms with Crippen molar-refractivity contribution in [2.24, 2.45) is 0 Å². The highest BCUT2D eigenvalue weighted by molar-refractivity contribution is 6.38. The topological polar surface area (TPSA) is 74.6 Å². The van der Waals surface area contributed by atoms with E-state index >= 15 is 0 Å². The molecule has 26 heavy (non-hydrogen) atoms. The first-order valence-corrected chi connectivity index (χ1v) is 8.97. The fourth-order valence-electron chi connectivity index (χ4n) is 2.24. The van der Waals surface area contributed by atoms with E-state index < -0.39 is 12.1 Å². The molecule has 2 aromatic rings. The molecule has 0 amide bonds. The van der Waals surface area contributed by atoms with Gasteiger partial charge in [-0.05, 0) is 30.5 Å². The van der Waals surface area contributed by atoms with Gasteiger partial charge >= 0.3 is 0 Å². The lowest BCUT2D eigenvalue weighted by Crippen LogP contribution is -2.19. The molecule has 1 unspecified atom stereocenters. The molecule has 0 aliphatic rings. The highest BCUT2D eigenvalue weighted by atomic mass is 35.5. The number of halogens is 3. The van der Waals surface area contributed by atoms with Gasteiger partial charge in [0.05, 0.1) is 6.10 Å². The Labute approximate surface area is 161 Å². The largest absolute Gasteiger partial charge is 0.508 e. The van der Waals surface area contributed by atoms with Crippen LogP contribution in [0.25, 0.3) is 0 Å². The quantitative estimate of drug-likeness (QED) is 0.545. The Morgan fingerprint density at radius 3 is 2.58 bits per heavy atom. The zero-order valence-corrected chi connectivity index (χ0v) is 16.2. The van der Waals surface area contributed by atoms with E-state index in [1.807, 2.05) is 20.8 Å². The van der Waals surface area contributed by atoms with E-state index in [4.69, 9.17) is 27.9 Å². The first-order chi connectivity index (χ1) is 12.2. The lowest BCUT2D eigenvalue weighted by molar-refractivity contribution is 0.183. The summed E-state index contributed by atoms with van der Waals surface area (Å²) < 4.78 is 19.8. The molecule has 3 N–H and O–H groups in total. The zero-order valence-electron chi connectivity index (χ0n) is 14.7. The van der Waals surface area contributed by atoms with E-state index in [0.29, 0.717) is 17.7 Å². The van der Waals surface area contributed by atoms with E-state index in [0.717, 1.165) is 0 Å². The molecule has 1 aromatic heterocycles. The van der Waals surface area contributed by atoms with Crippen molar-refractivity contribution < 1.29 is 19.3 Å². The lowest BCUT2D eigenvalue weighted by Gasteiger charge is -2.16. The average Bonchev–Trinajstić information content (AvgIpc) is 2.61. The first-order valence-electron chi connectivity index (χ1n) is 8.21. The minimum absolute atomic E-state index is 0.00104. The number of aliphatic hydroxyl groups is 1. The summed E-state index contributed by atoms with van der Waals surface area (Å²) in [5.41, 5.74) is 0.675. The fourth-order valence-corrected chi connectivity index (χ4v) is 2.70. The van der Waals surface area contributed by atoms with Crippen molar-refractivity contribution in [3.8, 4) is 17.2 Å². The van der Waals surface area contributed by atoms with Crippen LogP contribution in [0.15, 0.2) is 18.2 Å². The smallest absolute Gasteiger partial charge is 0.237 e. The summed E-state index contributed by atoms with van der Waals surface area (Å²) in [6.45, 7) is 5.81. The Morgan fingerprint density at radius 1 is 1.27 bits per heavy atom. The van der Waals surface area contributed by atoms with E-state index in [9.17, 15) is 14.6 Å². The number of hydrogen-bond acceptors (Lipinski definition) is 5. The van der Waals surface area contributed by atoms with Crippen LogP contribution in [0.5, 0.6) is 17.2 Å². The number of aromatic nitrogens is 1. The molecule has 2 rings (SSSR count). The van der Waals surface area contributed by atoms with Gasteiger partial charge in [0.2, 0.25) is 5.95 Å². The third-order valence-corrected chi connectivity index (χ3v) is 4.49. The van der Waals surface area contributed by atoms with Crippen LogP contribution in [0.4, 0.5) is 10.2 Å². The van der Waals surface area contributed by atoms with Gasteiger partial charge in [0.1, 0.15) is 21.5 Å². The first kappa shape index (κ1) is 20.6. The van der Waals surface area contributed by atoms with Gasteiger partial charge in [-0.2, -0.15) is 9.37 Å². The van der Waals surface area contributed by atoms with Crippen molar-refractivity contribution in [2.45, 2.75) is 39.2 Å². The molecular weight excluding hydrogens is 382 g/mol. The second kappa shape index (κ2) is 8.75. The van der Waals surface area contributed by atoms with Crippen molar-refractivity contribution in [1.82, 2.24) is 4.98 Å². The van der Waals surface area contributed by atoms with Gasteiger partial charge in [0, 0.05) is 12.1 Å². The highest BCUT2D eigenvalue weighted by Gasteiger charge is 2.21. The number of anilines is 1. The summed E-state index contributed by atoms with van der Waals surface area (Å²) in [4.78, 5) is 3.67. The van der Waals surface area contributed by atoms with Gasteiger partial charge in [-0.25, -0.2) is 0 Å². The maximum Gasteiger partial charge on any atom is 0.237 e. The van der Waals surface area contributed by atoms with Crippen LogP contribution in [0.1, 0.15) is 38.7 Å². The molecule has 0 bridgehead atoms. The van der Waals surface area contributed by atoms with Crippen LogP contribution in [-0.4, -0.2) is 27.8 Å². The predicted octanol–water partition coefficient (Wildman–Crippen LogP) is 5.33. The Hall–Kier alpha value is -1.76. The zero-order chi connectivity index (χ0) is 19.4. The number of hydrogen-bond donors (Lipinski definition) is 3. The minimum Gasteiger partial charge on any atom is -0.508 e. The predicted molar refractivity (Wildman–Crippen MR) is 101 cm³/mol. The van der Waals surface area contributed by atoms with E-state index in [2.05, 4.69) is 10.3 Å². The van der Waals surface area contributed by atoms with Crippen LogP contribution >= 0.6 is 23.2 Å². The molecule has 0 aliphatic carbocycles. The summed E-state index contributed by atoms with van der Waals surface area (Å²) in [7, 11) is 0. The second-order valence-corrected chi connectivity index (χ2v) is 6.88. The molecule has 0 spiro atoms. The maximum atomic E-state index is 14.1. The van der Waals surface area contributed by atoms with Crippen LogP contribution < -0.4 is 10.1 Å². The van der Waals surface area contributed by atoms with Crippen LogP contribution in [-0.2, 0) is 0 Å². The summed E-state index contributed by atoms with van der Waals surface area (Å²) >= 11 is 12.2. The van der Waals surface area contributed by atoms with Crippen molar-refractivity contribution in [3.63, 3.8) is 0 Å². The summed E-state index contributed by atoms with van der Waals surface area (Å²) in [6, 6.07) is 4.65. The minimum atomic E-state index is -0.942. The van der Waals surface area contributed by atoms with E-state index in [1.165, 1.54) is 12.1 Å². The van der Waals surface area contributed by atoms with Crippen molar-refractivity contribution in [2.75, 3.05) is 11.9 Å². The van der Waals surface area contributed by atoms with Crippen LogP contribution in [0.2, 0.25) is 10.0 Å². The average molecular weight is 403 g/mol. The molecule has 1 aromatic carbocycles. The molecule has 142 valence electrons. The SMILES string of the molecule is CCC(O)CNc1nc(F)c(Cl)c(Oc2ccc(O)c(C(C)C)c2)c1Cl.